The summed E-state index contributed by atoms with van der Waals surface area (Å²) in [5, 5.41) is 23.6. The van der Waals surface area contributed by atoms with Crippen molar-refractivity contribution in [1.29, 1.82) is 0 Å². The first-order valence-corrected chi connectivity index (χ1v) is 12.8. The number of hydrogen-bond donors (Lipinski definition) is 3. The molecule has 1 aliphatic rings. The molecule has 2 aromatic heterocycles. The number of aliphatic hydroxyl groups is 2. The van der Waals surface area contributed by atoms with Gasteiger partial charge in [0.25, 0.3) is 0 Å². The molecule has 2 aromatic carbocycles. The molecule has 4 aromatic rings. The number of aliphatic hydroxyl groups excluding tert-OH is 2. The van der Waals surface area contributed by atoms with Crippen LogP contribution in [0, 0.1) is 0 Å². The van der Waals surface area contributed by atoms with Crippen LogP contribution in [-0.4, -0.2) is 43.9 Å². The van der Waals surface area contributed by atoms with Crippen LogP contribution in [-0.2, 0) is 19.3 Å². The summed E-state index contributed by atoms with van der Waals surface area (Å²) in [6, 6.07) is 18.9. The van der Waals surface area contributed by atoms with Gasteiger partial charge in [-0.1, -0.05) is 36.4 Å². The SMILES string of the molecule is OCCc1ccc2nc(Cc3cc(Cc4ccccc4)nc(NC4CCC(O)CC4)n3)sc2c1. The highest BCUT2D eigenvalue weighted by Gasteiger charge is 2.20. The van der Waals surface area contributed by atoms with Gasteiger partial charge in [0.2, 0.25) is 5.95 Å². The van der Waals surface area contributed by atoms with Gasteiger partial charge in [-0.05, 0) is 61.4 Å². The monoisotopic (exact) mass is 474 g/mol. The van der Waals surface area contributed by atoms with Crippen molar-refractivity contribution in [3.05, 3.63) is 82.1 Å². The number of anilines is 1. The first-order chi connectivity index (χ1) is 16.6. The smallest absolute Gasteiger partial charge is 0.223 e. The predicted molar refractivity (Wildman–Crippen MR) is 136 cm³/mol. The van der Waals surface area contributed by atoms with E-state index in [0.29, 0.717) is 18.8 Å². The van der Waals surface area contributed by atoms with Gasteiger partial charge in [0.05, 0.1) is 32.7 Å². The molecule has 0 amide bonds. The van der Waals surface area contributed by atoms with E-state index < -0.39 is 0 Å². The molecule has 2 heterocycles. The number of nitrogens with one attached hydrogen (secondary N) is 1. The molecule has 7 heteroatoms. The largest absolute Gasteiger partial charge is 0.396 e. The van der Waals surface area contributed by atoms with Gasteiger partial charge in [0.1, 0.15) is 0 Å². The Hall–Kier alpha value is -2.87. The summed E-state index contributed by atoms with van der Waals surface area (Å²) in [6.07, 6.45) is 5.36. The van der Waals surface area contributed by atoms with Crippen molar-refractivity contribution in [3.63, 3.8) is 0 Å². The highest BCUT2D eigenvalue weighted by Crippen LogP contribution is 2.26. The molecule has 1 saturated carbocycles. The summed E-state index contributed by atoms with van der Waals surface area (Å²) in [4.78, 5) is 14.5. The van der Waals surface area contributed by atoms with Crippen LogP contribution in [0.4, 0.5) is 5.95 Å². The Balaban J connectivity index is 1.40. The molecule has 0 bridgehead atoms. The molecular formula is C27H30N4O2S. The first kappa shape index (κ1) is 22.9. The Kier molecular flexibility index (Phi) is 7.13. The van der Waals surface area contributed by atoms with Gasteiger partial charge in [-0.25, -0.2) is 15.0 Å². The van der Waals surface area contributed by atoms with Crippen molar-refractivity contribution in [3.8, 4) is 0 Å². The molecule has 5 rings (SSSR count). The highest BCUT2D eigenvalue weighted by atomic mass is 32.1. The van der Waals surface area contributed by atoms with Gasteiger partial charge in [-0.2, -0.15) is 0 Å². The maximum absolute atomic E-state index is 9.84. The maximum Gasteiger partial charge on any atom is 0.223 e. The fourth-order valence-corrected chi connectivity index (χ4v) is 5.59. The summed E-state index contributed by atoms with van der Waals surface area (Å²) in [6.45, 7) is 0.151. The minimum absolute atomic E-state index is 0.151. The van der Waals surface area contributed by atoms with E-state index in [0.717, 1.165) is 64.3 Å². The second-order valence-electron chi connectivity index (χ2n) is 9.05. The van der Waals surface area contributed by atoms with E-state index in [-0.39, 0.29) is 18.8 Å². The van der Waals surface area contributed by atoms with Crippen molar-refractivity contribution >= 4 is 27.5 Å². The number of hydrogen-bond acceptors (Lipinski definition) is 7. The molecule has 0 saturated heterocycles. The van der Waals surface area contributed by atoms with Gasteiger partial charge in [-0.15, -0.1) is 11.3 Å². The summed E-state index contributed by atoms with van der Waals surface area (Å²) in [7, 11) is 0. The zero-order valence-corrected chi connectivity index (χ0v) is 20.0. The number of fused-ring (bicyclic) bond motifs is 1. The van der Waals surface area contributed by atoms with Crippen LogP contribution in [0.15, 0.2) is 54.6 Å². The molecule has 1 fully saturated rings. The fourth-order valence-electron chi connectivity index (χ4n) is 4.54. The first-order valence-electron chi connectivity index (χ1n) is 12.0. The number of thiazole rings is 1. The zero-order valence-electron chi connectivity index (χ0n) is 19.2. The highest BCUT2D eigenvalue weighted by molar-refractivity contribution is 7.18. The molecule has 0 aliphatic heterocycles. The van der Waals surface area contributed by atoms with Crippen molar-refractivity contribution in [2.75, 3.05) is 11.9 Å². The van der Waals surface area contributed by atoms with E-state index in [1.165, 1.54) is 5.56 Å². The van der Waals surface area contributed by atoms with Crippen molar-refractivity contribution < 1.29 is 10.2 Å². The topological polar surface area (TPSA) is 91.2 Å². The summed E-state index contributed by atoms with van der Waals surface area (Å²) in [5.74, 6) is 0.663. The molecule has 3 N–H and O–H groups in total. The minimum atomic E-state index is -0.184. The van der Waals surface area contributed by atoms with Gasteiger partial charge < -0.3 is 15.5 Å². The molecule has 0 atom stereocenters. The second-order valence-corrected chi connectivity index (χ2v) is 10.2. The Morgan fingerprint density at radius 1 is 0.853 bits per heavy atom. The lowest BCUT2D eigenvalue weighted by Gasteiger charge is -2.26. The molecule has 34 heavy (non-hydrogen) atoms. The van der Waals surface area contributed by atoms with Crippen LogP contribution in [0.3, 0.4) is 0 Å². The van der Waals surface area contributed by atoms with Crippen LogP contribution in [0.2, 0.25) is 0 Å². The Bertz CT molecular complexity index is 1240. The van der Waals surface area contributed by atoms with Crippen LogP contribution >= 0.6 is 11.3 Å². The van der Waals surface area contributed by atoms with Crippen molar-refractivity contribution in [2.45, 2.75) is 57.1 Å². The number of aromatic nitrogens is 3. The summed E-state index contributed by atoms with van der Waals surface area (Å²) >= 11 is 1.68. The van der Waals surface area contributed by atoms with Gasteiger partial charge in [-0.3, -0.25) is 0 Å². The van der Waals surface area contributed by atoms with E-state index in [9.17, 15) is 10.2 Å². The molecule has 0 unspecified atom stereocenters. The third kappa shape index (κ3) is 5.78. The van der Waals surface area contributed by atoms with E-state index in [2.05, 4.69) is 41.7 Å². The Labute approximate surface area is 203 Å². The zero-order chi connectivity index (χ0) is 23.3. The van der Waals surface area contributed by atoms with Crippen LogP contribution < -0.4 is 5.32 Å². The standard InChI is InChI=1S/C27H30N4O2S/c32-13-12-19-6-11-24-25(15-19)34-26(31-24)17-22-16-21(14-18-4-2-1-3-5-18)29-27(30-22)28-20-7-9-23(33)10-8-20/h1-6,11,15-16,20,23,32-33H,7-10,12-14,17H2,(H,28,29,30). The van der Waals surface area contributed by atoms with E-state index in [4.69, 9.17) is 15.0 Å². The maximum atomic E-state index is 9.84. The quantitative estimate of drug-likeness (QED) is 0.348. The van der Waals surface area contributed by atoms with Crippen LogP contribution in [0.5, 0.6) is 0 Å². The average Bonchev–Trinajstić information content (AvgIpc) is 3.23. The summed E-state index contributed by atoms with van der Waals surface area (Å²) in [5.41, 5.74) is 5.27. The van der Waals surface area contributed by atoms with E-state index in [1.807, 2.05) is 18.2 Å². The molecule has 1 aliphatic carbocycles. The third-order valence-electron chi connectivity index (χ3n) is 6.32. The average molecular weight is 475 g/mol. The molecule has 176 valence electrons. The Morgan fingerprint density at radius 2 is 1.62 bits per heavy atom. The van der Waals surface area contributed by atoms with Crippen LogP contribution in [0.25, 0.3) is 10.2 Å². The lowest BCUT2D eigenvalue weighted by atomic mass is 9.93. The van der Waals surface area contributed by atoms with Gasteiger partial charge in [0.15, 0.2) is 0 Å². The third-order valence-corrected chi connectivity index (χ3v) is 7.34. The Morgan fingerprint density at radius 3 is 2.38 bits per heavy atom. The molecular weight excluding hydrogens is 444 g/mol. The number of rotatable bonds is 8. The molecule has 6 nitrogen and oxygen atoms in total. The number of benzene rings is 2. The normalized spacial score (nSPS) is 18.3. The van der Waals surface area contributed by atoms with E-state index in [1.54, 1.807) is 11.3 Å². The lowest BCUT2D eigenvalue weighted by molar-refractivity contribution is 0.126. The van der Waals surface area contributed by atoms with Gasteiger partial charge in [0, 0.05) is 25.5 Å². The fraction of sp³-hybridized carbons (Fsp3) is 0.370. The molecule has 0 radical (unpaired) electrons. The molecule has 0 spiro atoms. The number of nitrogens with zero attached hydrogens (tertiary/aromatic N) is 3. The van der Waals surface area contributed by atoms with Crippen molar-refractivity contribution in [2.24, 2.45) is 0 Å². The van der Waals surface area contributed by atoms with Gasteiger partial charge >= 0.3 is 0 Å². The summed E-state index contributed by atoms with van der Waals surface area (Å²) < 4.78 is 1.14. The lowest BCUT2D eigenvalue weighted by Crippen LogP contribution is -2.29. The van der Waals surface area contributed by atoms with E-state index >= 15 is 0 Å². The second kappa shape index (κ2) is 10.6. The minimum Gasteiger partial charge on any atom is -0.396 e. The van der Waals surface area contributed by atoms with Crippen molar-refractivity contribution in [1.82, 2.24) is 15.0 Å². The van der Waals surface area contributed by atoms with Crippen LogP contribution in [0.1, 0.15) is 53.2 Å². The predicted octanol–water partition coefficient (Wildman–Crippen LogP) is 4.52.